The normalized spacial score (nSPS) is 9.59. The largest absolute Gasteiger partial charge is 0.481 e. The van der Waals surface area contributed by atoms with Crippen LogP contribution in [0.3, 0.4) is 0 Å². The summed E-state index contributed by atoms with van der Waals surface area (Å²) < 4.78 is 5.24. The number of carbonyl (C=O) groups excluding carboxylic acids is 2. The molecule has 7 heteroatoms. The number of anilines is 1. The number of benzene rings is 1. The molecule has 1 aromatic heterocycles. The van der Waals surface area contributed by atoms with Crippen molar-refractivity contribution in [3.63, 3.8) is 0 Å². The lowest BCUT2D eigenvalue weighted by Crippen LogP contribution is -2.34. The van der Waals surface area contributed by atoms with Gasteiger partial charge in [0.1, 0.15) is 17.4 Å². The Kier molecular flexibility index (Phi) is 5.51. The molecule has 2 amide bonds. The predicted octanol–water partition coefficient (Wildman–Crippen LogP) is 1.41. The molecule has 0 aliphatic heterocycles. The van der Waals surface area contributed by atoms with Crippen molar-refractivity contribution < 1.29 is 14.3 Å². The number of hydrogen-bond acceptors (Lipinski definition) is 5. The van der Waals surface area contributed by atoms with Crippen LogP contribution in [0.5, 0.6) is 5.75 Å². The number of thiazole rings is 1. The molecule has 2 rings (SSSR count). The maximum absolute atomic E-state index is 11.8. The average molecular weight is 315 g/mol. The van der Waals surface area contributed by atoms with E-state index in [4.69, 9.17) is 11.2 Å². The van der Waals surface area contributed by atoms with E-state index in [9.17, 15) is 9.59 Å². The van der Waals surface area contributed by atoms with Crippen LogP contribution in [0.25, 0.3) is 0 Å². The van der Waals surface area contributed by atoms with Crippen molar-refractivity contribution in [3.05, 3.63) is 40.8 Å². The summed E-state index contributed by atoms with van der Waals surface area (Å²) in [5, 5.41) is 7.50. The van der Waals surface area contributed by atoms with Gasteiger partial charge in [-0.05, 0) is 12.1 Å². The first kappa shape index (κ1) is 15.5. The van der Waals surface area contributed by atoms with Gasteiger partial charge in [0.25, 0.3) is 0 Å². The number of nitrogens with zero attached hydrogens (tertiary/aromatic N) is 1. The molecule has 0 fully saturated rings. The van der Waals surface area contributed by atoms with Crippen molar-refractivity contribution in [1.82, 2.24) is 10.3 Å². The van der Waals surface area contributed by atoms with Gasteiger partial charge in [-0.15, -0.1) is 17.8 Å². The zero-order valence-electron chi connectivity index (χ0n) is 11.5. The zero-order chi connectivity index (χ0) is 15.8. The number of aromatic nitrogens is 1. The summed E-state index contributed by atoms with van der Waals surface area (Å²) in [7, 11) is 0. The van der Waals surface area contributed by atoms with Gasteiger partial charge in [0.15, 0.2) is 0 Å². The Hall–Kier alpha value is -2.85. The first-order chi connectivity index (χ1) is 10.7. The molecule has 0 unspecified atom stereocenters. The van der Waals surface area contributed by atoms with E-state index in [2.05, 4.69) is 21.5 Å². The van der Waals surface area contributed by atoms with Gasteiger partial charge < -0.3 is 15.4 Å². The lowest BCUT2D eigenvalue weighted by molar-refractivity contribution is -0.136. The Morgan fingerprint density at radius 2 is 2.23 bits per heavy atom. The smallest absolute Gasteiger partial charge is 0.313 e. The SMILES string of the molecule is C#CCOc1cccc(NC(=O)C(=O)NCc2nccs2)c1. The number of carbonyl (C=O) groups is 2. The standard InChI is InChI=1S/C15H13N3O3S/c1-2-7-21-12-5-3-4-11(9-12)18-15(20)14(19)17-10-13-16-6-8-22-13/h1,3-6,8-9H,7,10H2,(H,17,19)(H,18,20). The molecule has 1 aromatic carbocycles. The average Bonchev–Trinajstić information content (AvgIpc) is 3.04. The van der Waals surface area contributed by atoms with Crippen LogP contribution in [-0.4, -0.2) is 23.4 Å². The van der Waals surface area contributed by atoms with Gasteiger partial charge >= 0.3 is 11.8 Å². The highest BCUT2D eigenvalue weighted by Gasteiger charge is 2.14. The summed E-state index contributed by atoms with van der Waals surface area (Å²) in [5.74, 6) is 1.37. The minimum atomic E-state index is -0.759. The van der Waals surface area contributed by atoms with Crippen molar-refractivity contribution in [2.45, 2.75) is 6.54 Å². The van der Waals surface area contributed by atoms with Crippen molar-refractivity contribution >= 4 is 28.8 Å². The quantitative estimate of drug-likeness (QED) is 0.646. The summed E-state index contributed by atoms with van der Waals surface area (Å²) in [4.78, 5) is 27.5. The fourth-order valence-electron chi connectivity index (χ4n) is 1.55. The molecule has 0 saturated heterocycles. The zero-order valence-corrected chi connectivity index (χ0v) is 12.4. The Morgan fingerprint density at radius 1 is 1.36 bits per heavy atom. The molecule has 0 saturated carbocycles. The minimum Gasteiger partial charge on any atom is -0.481 e. The van der Waals surface area contributed by atoms with Crippen molar-refractivity contribution in [2.24, 2.45) is 0 Å². The third-order valence-corrected chi connectivity index (χ3v) is 3.28. The van der Waals surface area contributed by atoms with E-state index in [1.807, 2.05) is 0 Å². The van der Waals surface area contributed by atoms with E-state index in [0.29, 0.717) is 11.4 Å². The molecule has 0 spiro atoms. The van der Waals surface area contributed by atoms with E-state index in [1.165, 1.54) is 11.3 Å². The van der Waals surface area contributed by atoms with Crippen LogP contribution >= 0.6 is 11.3 Å². The molecule has 22 heavy (non-hydrogen) atoms. The van der Waals surface area contributed by atoms with Crippen LogP contribution in [0.4, 0.5) is 5.69 Å². The molecule has 0 atom stereocenters. The highest BCUT2D eigenvalue weighted by Crippen LogP contribution is 2.17. The van der Waals surface area contributed by atoms with Crippen LogP contribution < -0.4 is 15.4 Å². The molecule has 6 nitrogen and oxygen atoms in total. The monoisotopic (exact) mass is 315 g/mol. The molecule has 0 radical (unpaired) electrons. The molecule has 2 aromatic rings. The minimum absolute atomic E-state index is 0.131. The summed E-state index contributed by atoms with van der Waals surface area (Å²) in [6.45, 7) is 0.348. The van der Waals surface area contributed by atoms with Gasteiger partial charge in [0.05, 0.1) is 6.54 Å². The van der Waals surface area contributed by atoms with E-state index in [1.54, 1.807) is 35.8 Å². The van der Waals surface area contributed by atoms with Gasteiger partial charge in [-0.25, -0.2) is 4.98 Å². The third kappa shape index (κ3) is 4.61. The highest BCUT2D eigenvalue weighted by atomic mass is 32.1. The number of hydrogen-bond donors (Lipinski definition) is 2. The summed E-state index contributed by atoms with van der Waals surface area (Å²) in [6, 6.07) is 6.63. The first-order valence-corrected chi connectivity index (χ1v) is 7.21. The van der Waals surface area contributed by atoms with E-state index in [-0.39, 0.29) is 13.2 Å². The van der Waals surface area contributed by atoms with Crippen LogP contribution in [0.2, 0.25) is 0 Å². The Labute approximate surface area is 131 Å². The summed E-state index contributed by atoms with van der Waals surface area (Å²) in [6.07, 6.45) is 6.74. The second-order valence-corrected chi connectivity index (χ2v) is 5.06. The molecule has 0 aliphatic carbocycles. The molecule has 2 N–H and O–H groups in total. The number of amides is 2. The van der Waals surface area contributed by atoms with Gasteiger partial charge in [-0.1, -0.05) is 12.0 Å². The molecule has 112 valence electrons. The Bertz CT molecular complexity index is 692. The van der Waals surface area contributed by atoms with E-state index < -0.39 is 11.8 Å². The van der Waals surface area contributed by atoms with Crippen molar-refractivity contribution in [1.29, 1.82) is 0 Å². The maximum Gasteiger partial charge on any atom is 0.313 e. The second kappa shape index (κ2) is 7.81. The lowest BCUT2D eigenvalue weighted by atomic mass is 10.3. The van der Waals surface area contributed by atoms with Gasteiger partial charge in [0, 0.05) is 23.3 Å². The molecule has 0 bridgehead atoms. The number of rotatable bonds is 5. The molecular formula is C15H13N3O3S. The molecular weight excluding hydrogens is 302 g/mol. The fourth-order valence-corrected chi connectivity index (χ4v) is 2.11. The lowest BCUT2D eigenvalue weighted by Gasteiger charge is -2.07. The molecule has 0 aliphatic rings. The summed E-state index contributed by atoms with van der Waals surface area (Å²) >= 11 is 1.40. The van der Waals surface area contributed by atoms with Gasteiger partial charge in [-0.2, -0.15) is 0 Å². The number of terminal acetylenes is 1. The van der Waals surface area contributed by atoms with E-state index in [0.717, 1.165) is 5.01 Å². The van der Waals surface area contributed by atoms with E-state index >= 15 is 0 Å². The van der Waals surface area contributed by atoms with Gasteiger partial charge in [-0.3, -0.25) is 9.59 Å². The van der Waals surface area contributed by atoms with Crippen LogP contribution in [-0.2, 0) is 16.1 Å². The Balaban J connectivity index is 1.88. The van der Waals surface area contributed by atoms with Crippen LogP contribution in [0.15, 0.2) is 35.8 Å². The predicted molar refractivity (Wildman–Crippen MR) is 83.4 cm³/mol. The number of ether oxygens (including phenoxy) is 1. The molecule has 1 heterocycles. The first-order valence-electron chi connectivity index (χ1n) is 6.33. The topological polar surface area (TPSA) is 80.3 Å². The highest BCUT2D eigenvalue weighted by molar-refractivity contribution is 7.09. The fraction of sp³-hybridized carbons (Fsp3) is 0.133. The number of nitrogens with one attached hydrogen (secondary N) is 2. The van der Waals surface area contributed by atoms with Gasteiger partial charge in [0.2, 0.25) is 0 Å². The van der Waals surface area contributed by atoms with Crippen LogP contribution in [0.1, 0.15) is 5.01 Å². The third-order valence-electron chi connectivity index (χ3n) is 2.50. The van der Waals surface area contributed by atoms with Crippen molar-refractivity contribution in [3.8, 4) is 18.1 Å². The summed E-state index contributed by atoms with van der Waals surface area (Å²) in [5.41, 5.74) is 0.448. The maximum atomic E-state index is 11.8. The Morgan fingerprint density at radius 3 is 2.95 bits per heavy atom. The van der Waals surface area contributed by atoms with Crippen LogP contribution in [0, 0.1) is 12.3 Å². The van der Waals surface area contributed by atoms with Crippen molar-refractivity contribution in [2.75, 3.05) is 11.9 Å². The second-order valence-electron chi connectivity index (χ2n) is 4.08.